The van der Waals surface area contributed by atoms with E-state index in [1.807, 2.05) is 18.2 Å². The van der Waals surface area contributed by atoms with Crippen molar-refractivity contribution in [1.29, 1.82) is 0 Å². The van der Waals surface area contributed by atoms with E-state index in [-0.39, 0.29) is 18.0 Å². The van der Waals surface area contributed by atoms with Crippen LogP contribution in [0, 0.1) is 11.6 Å². The predicted octanol–water partition coefficient (Wildman–Crippen LogP) is 3.16. The van der Waals surface area contributed by atoms with Gasteiger partial charge in [-0.1, -0.05) is 18.2 Å². The Morgan fingerprint density at radius 1 is 1.10 bits per heavy atom. The van der Waals surface area contributed by atoms with E-state index in [1.165, 1.54) is 0 Å². The van der Waals surface area contributed by atoms with E-state index in [4.69, 9.17) is 0 Å². The highest BCUT2D eigenvalue weighted by atomic mass is 19.1. The number of carbonyl (C=O) groups is 1. The Hall–Kier alpha value is -2.23. The van der Waals surface area contributed by atoms with Gasteiger partial charge in [0.05, 0.1) is 0 Å². The van der Waals surface area contributed by atoms with Crippen LogP contribution in [0.25, 0.3) is 0 Å². The van der Waals surface area contributed by atoms with Crippen LogP contribution in [0.4, 0.5) is 8.78 Å². The minimum absolute atomic E-state index is 0.0940. The standard InChI is InChI=1S/C16H13F2NO/c17-13-5-6-15(18)12(9-13)10-19-8-7-11-3-1-2-4-14(11)16(19)20/h1-6,9H,7-8,10H2. The van der Waals surface area contributed by atoms with E-state index >= 15 is 0 Å². The lowest BCUT2D eigenvalue weighted by Crippen LogP contribution is -2.37. The van der Waals surface area contributed by atoms with Crippen LogP contribution in [0.1, 0.15) is 21.5 Å². The van der Waals surface area contributed by atoms with Crippen LogP contribution in [0.3, 0.4) is 0 Å². The van der Waals surface area contributed by atoms with E-state index in [1.54, 1.807) is 11.0 Å². The van der Waals surface area contributed by atoms with Gasteiger partial charge in [-0.2, -0.15) is 0 Å². The summed E-state index contributed by atoms with van der Waals surface area (Å²) in [6.07, 6.45) is 0.735. The number of amides is 1. The maximum atomic E-state index is 13.6. The highest BCUT2D eigenvalue weighted by Gasteiger charge is 2.24. The summed E-state index contributed by atoms with van der Waals surface area (Å²) in [6.45, 7) is 0.614. The molecule has 20 heavy (non-hydrogen) atoms. The minimum atomic E-state index is -0.494. The van der Waals surface area contributed by atoms with Gasteiger partial charge in [-0.25, -0.2) is 8.78 Å². The van der Waals surface area contributed by atoms with Gasteiger partial charge in [0.25, 0.3) is 5.91 Å². The lowest BCUT2D eigenvalue weighted by Gasteiger charge is -2.28. The van der Waals surface area contributed by atoms with Crippen molar-refractivity contribution in [3.05, 3.63) is 70.8 Å². The Morgan fingerprint density at radius 2 is 1.90 bits per heavy atom. The zero-order valence-electron chi connectivity index (χ0n) is 10.8. The zero-order chi connectivity index (χ0) is 14.1. The molecular weight excluding hydrogens is 260 g/mol. The second-order valence-corrected chi connectivity index (χ2v) is 4.87. The summed E-state index contributed by atoms with van der Waals surface area (Å²) in [5.41, 5.74) is 1.86. The summed E-state index contributed by atoms with van der Waals surface area (Å²) in [5, 5.41) is 0. The molecule has 0 unspecified atom stereocenters. The molecule has 3 rings (SSSR count). The normalized spacial score (nSPS) is 14.3. The van der Waals surface area contributed by atoms with Crippen molar-refractivity contribution in [1.82, 2.24) is 4.90 Å². The topological polar surface area (TPSA) is 20.3 Å². The van der Waals surface area contributed by atoms with Gasteiger partial charge in [0.15, 0.2) is 0 Å². The molecular formula is C16H13F2NO. The van der Waals surface area contributed by atoms with Gasteiger partial charge in [0.1, 0.15) is 11.6 Å². The highest BCUT2D eigenvalue weighted by Crippen LogP contribution is 2.21. The Kier molecular flexibility index (Phi) is 3.22. The quantitative estimate of drug-likeness (QED) is 0.823. The molecule has 4 heteroatoms. The third kappa shape index (κ3) is 2.29. The molecule has 2 aromatic rings. The molecule has 0 N–H and O–H groups in total. The van der Waals surface area contributed by atoms with Crippen LogP contribution < -0.4 is 0 Å². The maximum Gasteiger partial charge on any atom is 0.254 e. The summed E-state index contributed by atoms with van der Waals surface area (Å²) in [4.78, 5) is 13.9. The molecule has 0 saturated carbocycles. The van der Waals surface area contributed by atoms with Crippen molar-refractivity contribution >= 4 is 5.91 Å². The van der Waals surface area contributed by atoms with Crippen molar-refractivity contribution in [2.24, 2.45) is 0 Å². The Balaban J connectivity index is 1.86. The maximum absolute atomic E-state index is 13.6. The van der Waals surface area contributed by atoms with Crippen molar-refractivity contribution in [3.8, 4) is 0 Å². The Morgan fingerprint density at radius 3 is 2.75 bits per heavy atom. The molecule has 0 fully saturated rings. The van der Waals surface area contributed by atoms with E-state index in [0.29, 0.717) is 12.1 Å². The van der Waals surface area contributed by atoms with E-state index in [0.717, 1.165) is 30.2 Å². The van der Waals surface area contributed by atoms with Gasteiger partial charge in [-0.05, 0) is 36.2 Å². The number of carbonyl (C=O) groups excluding carboxylic acids is 1. The molecule has 1 aliphatic heterocycles. The molecule has 0 aromatic heterocycles. The summed E-state index contributed by atoms with van der Waals surface area (Å²) in [5.74, 6) is -1.11. The predicted molar refractivity (Wildman–Crippen MR) is 71.2 cm³/mol. The first kappa shape index (κ1) is 12.8. The molecule has 102 valence electrons. The van der Waals surface area contributed by atoms with Gasteiger partial charge >= 0.3 is 0 Å². The lowest BCUT2D eigenvalue weighted by atomic mass is 9.98. The monoisotopic (exact) mass is 273 g/mol. The van der Waals surface area contributed by atoms with E-state index in [9.17, 15) is 13.6 Å². The minimum Gasteiger partial charge on any atom is -0.334 e. The van der Waals surface area contributed by atoms with Gasteiger partial charge in [-0.15, -0.1) is 0 Å². The van der Waals surface area contributed by atoms with Crippen LogP contribution in [-0.2, 0) is 13.0 Å². The SMILES string of the molecule is O=C1c2ccccc2CCN1Cc1cc(F)ccc1F. The fourth-order valence-electron chi connectivity index (χ4n) is 2.50. The smallest absolute Gasteiger partial charge is 0.254 e. The summed E-state index contributed by atoms with van der Waals surface area (Å²) in [7, 11) is 0. The third-order valence-electron chi connectivity index (χ3n) is 3.56. The van der Waals surface area contributed by atoms with Crippen molar-refractivity contribution in [2.75, 3.05) is 6.54 Å². The van der Waals surface area contributed by atoms with E-state index in [2.05, 4.69) is 0 Å². The Labute approximate surface area is 115 Å². The Bertz CT molecular complexity index is 669. The van der Waals surface area contributed by atoms with Gasteiger partial charge < -0.3 is 4.90 Å². The molecule has 0 spiro atoms. The molecule has 0 bridgehead atoms. The molecule has 0 atom stereocenters. The van der Waals surface area contributed by atoms with E-state index < -0.39 is 11.6 Å². The number of hydrogen-bond acceptors (Lipinski definition) is 1. The average Bonchev–Trinajstić information content (AvgIpc) is 2.46. The van der Waals surface area contributed by atoms with Crippen molar-refractivity contribution in [2.45, 2.75) is 13.0 Å². The number of fused-ring (bicyclic) bond motifs is 1. The van der Waals surface area contributed by atoms with Crippen LogP contribution >= 0.6 is 0 Å². The van der Waals surface area contributed by atoms with Crippen LogP contribution in [0.2, 0.25) is 0 Å². The molecule has 1 aliphatic rings. The lowest BCUT2D eigenvalue weighted by molar-refractivity contribution is 0.0725. The van der Waals surface area contributed by atoms with Crippen molar-refractivity contribution < 1.29 is 13.6 Å². The zero-order valence-corrected chi connectivity index (χ0v) is 10.8. The molecule has 2 aromatic carbocycles. The van der Waals surface area contributed by atoms with Gasteiger partial charge in [0, 0.05) is 24.2 Å². The van der Waals surface area contributed by atoms with Gasteiger partial charge in [0.2, 0.25) is 0 Å². The van der Waals surface area contributed by atoms with Crippen LogP contribution in [0.15, 0.2) is 42.5 Å². The molecule has 0 aliphatic carbocycles. The largest absolute Gasteiger partial charge is 0.334 e. The molecule has 0 radical (unpaired) electrons. The summed E-state index contributed by atoms with van der Waals surface area (Å²) >= 11 is 0. The van der Waals surface area contributed by atoms with Crippen LogP contribution in [-0.4, -0.2) is 17.4 Å². The number of nitrogens with zero attached hydrogens (tertiary/aromatic N) is 1. The van der Waals surface area contributed by atoms with Gasteiger partial charge in [-0.3, -0.25) is 4.79 Å². The van der Waals surface area contributed by atoms with Crippen molar-refractivity contribution in [3.63, 3.8) is 0 Å². The molecule has 0 saturated heterocycles. The first-order valence-corrected chi connectivity index (χ1v) is 6.46. The second kappa shape index (κ2) is 5.04. The first-order chi connectivity index (χ1) is 9.65. The summed E-state index contributed by atoms with van der Waals surface area (Å²) in [6, 6.07) is 10.7. The number of rotatable bonds is 2. The van der Waals surface area contributed by atoms with Crippen LogP contribution in [0.5, 0.6) is 0 Å². The number of halogens is 2. The molecule has 1 heterocycles. The summed E-state index contributed by atoms with van der Waals surface area (Å²) < 4.78 is 26.8. The number of hydrogen-bond donors (Lipinski definition) is 0. The first-order valence-electron chi connectivity index (χ1n) is 6.46. The number of benzene rings is 2. The molecule has 1 amide bonds. The fourth-order valence-corrected chi connectivity index (χ4v) is 2.50. The second-order valence-electron chi connectivity index (χ2n) is 4.87. The fraction of sp³-hybridized carbons (Fsp3) is 0.188. The average molecular weight is 273 g/mol. The molecule has 2 nitrogen and oxygen atoms in total. The highest BCUT2D eigenvalue weighted by molar-refractivity contribution is 5.96. The third-order valence-corrected chi connectivity index (χ3v) is 3.56.